The first-order valence-electron chi connectivity index (χ1n) is 7.68. The maximum absolute atomic E-state index is 3.55. The lowest BCUT2D eigenvalue weighted by Gasteiger charge is -2.34. The van der Waals surface area contributed by atoms with Crippen molar-refractivity contribution in [1.82, 2.24) is 4.90 Å². The highest BCUT2D eigenvalue weighted by Crippen LogP contribution is 2.31. The molecule has 0 bridgehead atoms. The molecule has 1 aliphatic rings. The summed E-state index contributed by atoms with van der Waals surface area (Å²) in [4.78, 5) is 2.51. The van der Waals surface area contributed by atoms with Crippen LogP contribution >= 0.6 is 0 Å². The largest absolute Gasteiger partial charge is 0.284 e. The molecule has 0 spiro atoms. The number of nitrogens with zero attached hydrogens (tertiary/aromatic N) is 1. The number of hydrogen-bond donors (Lipinski definition) is 0. The van der Waals surface area contributed by atoms with Crippen molar-refractivity contribution in [1.29, 1.82) is 0 Å². The molecule has 1 nitrogen and oxygen atoms in total. The molecule has 0 saturated carbocycles. The van der Waals surface area contributed by atoms with Gasteiger partial charge in [0.1, 0.15) is 5.54 Å². The lowest BCUT2D eigenvalue weighted by molar-refractivity contribution is 0.196. The Bertz CT molecular complexity index is 630. The Labute approximate surface area is 127 Å². The monoisotopic (exact) mass is 275 g/mol. The highest BCUT2D eigenvalue weighted by atomic mass is 15.2. The summed E-state index contributed by atoms with van der Waals surface area (Å²) in [7, 11) is 0. The van der Waals surface area contributed by atoms with Crippen LogP contribution in [0.5, 0.6) is 0 Å². The zero-order chi connectivity index (χ0) is 14.5. The predicted octanol–water partition coefficient (Wildman–Crippen LogP) is 4.05. The predicted molar refractivity (Wildman–Crippen MR) is 87.9 cm³/mol. The molecule has 2 aromatic carbocycles. The molecule has 1 heteroatoms. The number of benzene rings is 2. The summed E-state index contributed by atoms with van der Waals surface area (Å²) in [6.45, 7) is 4.52. The zero-order valence-corrected chi connectivity index (χ0v) is 12.5. The third kappa shape index (κ3) is 3.01. The van der Waals surface area contributed by atoms with Crippen LogP contribution in [0.2, 0.25) is 0 Å². The molecule has 1 aliphatic heterocycles. The molecule has 1 fully saturated rings. The first-order valence-corrected chi connectivity index (χ1v) is 7.68. The van der Waals surface area contributed by atoms with Crippen LogP contribution in [0, 0.1) is 11.8 Å². The van der Waals surface area contributed by atoms with E-state index in [2.05, 4.69) is 66.1 Å². The fourth-order valence-electron chi connectivity index (χ4n) is 2.98. The first kappa shape index (κ1) is 13.9. The summed E-state index contributed by atoms with van der Waals surface area (Å²) in [6.07, 6.45) is 2.55. The average Bonchev–Trinajstić information content (AvgIpc) is 3.09. The van der Waals surface area contributed by atoms with Gasteiger partial charge in [-0.25, -0.2) is 0 Å². The Morgan fingerprint density at radius 3 is 2.05 bits per heavy atom. The van der Waals surface area contributed by atoms with Gasteiger partial charge in [-0.15, -0.1) is 0 Å². The van der Waals surface area contributed by atoms with Gasteiger partial charge in [-0.1, -0.05) is 60.4 Å². The van der Waals surface area contributed by atoms with Gasteiger partial charge in [-0.2, -0.15) is 0 Å². The fraction of sp³-hybridized carbons (Fsp3) is 0.300. The average molecular weight is 275 g/mol. The third-order valence-corrected chi connectivity index (χ3v) is 4.30. The molecule has 0 aliphatic carbocycles. The fourth-order valence-corrected chi connectivity index (χ4v) is 2.98. The van der Waals surface area contributed by atoms with Crippen molar-refractivity contribution in [3.05, 3.63) is 71.8 Å². The maximum atomic E-state index is 3.55. The topological polar surface area (TPSA) is 3.24 Å². The van der Waals surface area contributed by atoms with Crippen LogP contribution in [0.1, 0.15) is 30.9 Å². The van der Waals surface area contributed by atoms with E-state index in [1.54, 1.807) is 0 Å². The minimum Gasteiger partial charge on any atom is -0.284 e. The van der Waals surface area contributed by atoms with Gasteiger partial charge in [0.15, 0.2) is 0 Å². The molecule has 1 unspecified atom stereocenters. The molecule has 1 heterocycles. The van der Waals surface area contributed by atoms with E-state index in [1.807, 2.05) is 18.2 Å². The second kappa shape index (κ2) is 6.16. The van der Waals surface area contributed by atoms with Crippen molar-refractivity contribution in [3.8, 4) is 11.8 Å². The van der Waals surface area contributed by atoms with E-state index >= 15 is 0 Å². The molecular formula is C20H21N. The normalized spacial score (nSPS) is 17.8. The summed E-state index contributed by atoms with van der Waals surface area (Å²) in [6, 6.07) is 20.9. The van der Waals surface area contributed by atoms with Gasteiger partial charge in [0.05, 0.1) is 0 Å². The van der Waals surface area contributed by atoms with Crippen LogP contribution in [0.4, 0.5) is 0 Å². The Hall–Kier alpha value is -2.04. The van der Waals surface area contributed by atoms with Crippen molar-refractivity contribution >= 4 is 0 Å². The SMILES string of the molecule is CC(C#Cc1ccccc1)(c1ccccc1)N1CCCC1. The minimum absolute atomic E-state index is 0.201. The van der Waals surface area contributed by atoms with Gasteiger partial charge in [0.25, 0.3) is 0 Å². The molecule has 21 heavy (non-hydrogen) atoms. The molecule has 1 saturated heterocycles. The van der Waals surface area contributed by atoms with Gasteiger partial charge in [0, 0.05) is 5.56 Å². The smallest absolute Gasteiger partial charge is 0.106 e. The van der Waals surface area contributed by atoms with Gasteiger partial charge in [-0.05, 0) is 50.6 Å². The Morgan fingerprint density at radius 2 is 1.43 bits per heavy atom. The van der Waals surface area contributed by atoms with E-state index in [0.717, 1.165) is 18.7 Å². The molecule has 0 radical (unpaired) electrons. The van der Waals surface area contributed by atoms with Crippen molar-refractivity contribution in [2.75, 3.05) is 13.1 Å². The summed E-state index contributed by atoms with van der Waals surface area (Å²) in [5, 5.41) is 0. The van der Waals surface area contributed by atoms with Crippen LogP contribution in [-0.4, -0.2) is 18.0 Å². The van der Waals surface area contributed by atoms with Crippen LogP contribution < -0.4 is 0 Å². The van der Waals surface area contributed by atoms with E-state index in [4.69, 9.17) is 0 Å². The molecule has 1 atom stereocenters. The number of likely N-dealkylation sites (tertiary alicyclic amines) is 1. The highest BCUT2D eigenvalue weighted by molar-refractivity contribution is 5.41. The summed E-state index contributed by atoms with van der Waals surface area (Å²) < 4.78 is 0. The standard InChI is InChI=1S/C20H21N/c1-20(21-16-8-9-17-21,19-12-6-3-7-13-19)15-14-18-10-4-2-5-11-18/h2-7,10-13H,8-9,16-17H2,1H3. The second-order valence-corrected chi connectivity index (χ2v) is 5.75. The lowest BCUT2D eigenvalue weighted by Crippen LogP contribution is -2.40. The van der Waals surface area contributed by atoms with Gasteiger partial charge < -0.3 is 0 Å². The van der Waals surface area contributed by atoms with Gasteiger partial charge in [-0.3, -0.25) is 4.90 Å². The first-order chi connectivity index (χ1) is 10.3. The Balaban J connectivity index is 1.99. The van der Waals surface area contributed by atoms with Crippen molar-refractivity contribution in [2.45, 2.75) is 25.3 Å². The van der Waals surface area contributed by atoms with E-state index in [1.165, 1.54) is 18.4 Å². The van der Waals surface area contributed by atoms with E-state index in [9.17, 15) is 0 Å². The summed E-state index contributed by atoms with van der Waals surface area (Å²) >= 11 is 0. The third-order valence-electron chi connectivity index (χ3n) is 4.30. The maximum Gasteiger partial charge on any atom is 0.106 e. The zero-order valence-electron chi connectivity index (χ0n) is 12.5. The number of hydrogen-bond acceptors (Lipinski definition) is 1. The van der Waals surface area contributed by atoms with Crippen LogP contribution in [-0.2, 0) is 5.54 Å². The molecule has 0 amide bonds. The quantitative estimate of drug-likeness (QED) is 0.747. The molecule has 0 N–H and O–H groups in total. The lowest BCUT2D eigenvalue weighted by atomic mass is 9.90. The second-order valence-electron chi connectivity index (χ2n) is 5.75. The minimum atomic E-state index is -0.201. The Morgan fingerprint density at radius 1 is 0.857 bits per heavy atom. The van der Waals surface area contributed by atoms with Crippen molar-refractivity contribution < 1.29 is 0 Å². The highest BCUT2D eigenvalue weighted by Gasteiger charge is 2.33. The van der Waals surface area contributed by atoms with E-state index in [-0.39, 0.29) is 5.54 Å². The van der Waals surface area contributed by atoms with Crippen LogP contribution in [0.15, 0.2) is 60.7 Å². The van der Waals surface area contributed by atoms with Crippen molar-refractivity contribution in [2.24, 2.45) is 0 Å². The van der Waals surface area contributed by atoms with Gasteiger partial charge in [0.2, 0.25) is 0 Å². The van der Waals surface area contributed by atoms with E-state index in [0.29, 0.717) is 0 Å². The molecular weight excluding hydrogens is 254 g/mol. The molecule has 2 aromatic rings. The van der Waals surface area contributed by atoms with Crippen LogP contribution in [0.3, 0.4) is 0 Å². The van der Waals surface area contributed by atoms with E-state index < -0.39 is 0 Å². The molecule has 0 aromatic heterocycles. The molecule has 106 valence electrons. The van der Waals surface area contributed by atoms with Crippen LogP contribution in [0.25, 0.3) is 0 Å². The summed E-state index contributed by atoms with van der Waals surface area (Å²) in [5.41, 5.74) is 2.17. The van der Waals surface area contributed by atoms with Crippen molar-refractivity contribution in [3.63, 3.8) is 0 Å². The van der Waals surface area contributed by atoms with Gasteiger partial charge >= 0.3 is 0 Å². The Kier molecular flexibility index (Phi) is 4.08. The molecule has 3 rings (SSSR count). The number of rotatable bonds is 2. The summed E-state index contributed by atoms with van der Waals surface area (Å²) in [5.74, 6) is 6.92.